The summed E-state index contributed by atoms with van der Waals surface area (Å²) in [6, 6.07) is 13.3. The Bertz CT molecular complexity index is 853. The SMILES string of the molecule is CCOC(=O)c1cc2ccc(OC)cc2n1-c1ccc(F)cc1. The van der Waals surface area contributed by atoms with Crippen molar-refractivity contribution in [2.75, 3.05) is 13.7 Å². The van der Waals surface area contributed by atoms with Crippen LogP contribution in [0.15, 0.2) is 48.5 Å². The maximum Gasteiger partial charge on any atom is 0.355 e. The van der Waals surface area contributed by atoms with Crippen LogP contribution in [0.5, 0.6) is 5.75 Å². The number of carbonyl (C=O) groups excluding carboxylic acids is 1. The summed E-state index contributed by atoms with van der Waals surface area (Å²) in [6.07, 6.45) is 0. The predicted molar refractivity (Wildman–Crippen MR) is 85.7 cm³/mol. The highest BCUT2D eigenvalue weighted by molar-refractivity contribution is 5.97. The molecule has 0 saturated carbocycles. The minimum absolute atomic E-state index is 0.285. The number of halogens is 1. The molecule has 1 heterocycles. The second-order valence-corrected chi connectivity index (χ2v) is 4.99. The smallest absolute Gasteiger partial charge is 0.355 e. The van der Waals surface area contributed by atoms with Gasteiger partial charge in [-0.15, -0.1) is 0 Å². The molecule has 0 saturated heterocycles. The summed E-state index contributed by atoms with van der Waals surface area (Å²) in [5.41, 5.74) is 1.86. The van der Waals surface area contributed by atoms with Gasteiger partial charge in [0.05, 0.1) is 19.2 Å². The number of rotatable bonds is 4. The van der Waals surface area contributed by atoms with E-state index in [9.17, 15) is 9.18 Å². The number of nitrogens with zero attached hydrogens (tertiary/aromatic N) is 1. The van der Waals surface area contributed by atoms with Crippen molar-refractivity contribution in [2.45, 2.75) is 6.92 Å². The Morgan fingerprint density at radius 2 is 1.87 bits per heavy atom. The Balaban J connectivity index is 2.27. The molecule has 3 aromatic rings. The molecule has 0 amide bonds. The molecule has 5 heteroatoms. The summed E-state index contributed by atoms with van der Waals surface area (Å²) in [5.74, 6) is -0.0816. The van der Waals surface area contributed by atoms with Crippen LogP contribution in [-0.2, 0) is 4.74 Å². The number of aromatic nitrogens is 1. The second kappa shape index (κ2) is 6.12. The standard InChI is InChI=1S/C18H16FNO3/c1-3-23-18(21)17-10-12-4-9-15(22-2)11-16(12)20(17)14-7-5-13(19)6-8-14/h4-11H,3H2,1-2H3. The van der Waals surface area contributed by atoms with Crippen LogP contribution in [0.4, 0.5) is 4.39 Å². The first kappa shape index (κ1) is 15.1. The summed E-state index contributed by atoms with van der Waals surface area (Å²) in [5, 5.41) is 0.873. The highest BCUT2D eigenvalue weighted by atomic mass is 19.1. The summed E-state index contributed by atoms with van der Waals surface area (Å²) in [6.45, 7) is 2.04. The van der Waals surface area contributed by atoms with Gasteiger partial charge in [-0.25, -0.2) is 9.18 Å². The third-order valence-corrected chi connectivity index (χ3v) is 3.58. The van der Waals surface area contributed by atoms with E-state index in [4.69, 9.17) is 9.47 Å². The monoisotopic (exact) mass is 313 g/mol. The van der Waals surface area contributed by atoms with Crippen molar-refractivity contribution in [1.29, 1.82) is 0 Å². The molecule has 3 rings (SSSR count). The Morgan fingerprint density at radius 3 is 2.52 bits per heavy atom. The normalized spacial score (nSPS) is 10.7. The van der Waals surface area contributed by atoms with Crippen molar-refractivity contribution >= 4 is 16.9 Å². The van der Waals surface area contributed by atoms with Crippen LogP contribution in [0, 0.1) is 5.82 Å². The lowest BCUT2D eigenvalue weighted by molar-refractivity contribution is 0.0517. The van der Waals surface area contributed by atoms with Crippen molar-refractivity contribution < 1.29 is 18.7 Å². The molecule has 4 nitrogen and oxygen atoms in total. The lowest BCUT2D eigenvalue weighted by Crippen LogP contribution is -2.11. The van der Waals surface area contributed by atoms with E-state index in [0.717, 1.165) is 10.9 Å². The first-order chi connectivity index (χ1) is 11.1. The van der Waals surface area contributed by atoms with Crippen LogP contribution in [0.3, 0.4) is 0 Å². The Morgan fingerprint density at radius 1 is 1.13 bits per heavy atom. The number of benzene rings is 2. The van der Waals surface area contributed by atoms with Gasteiger partial charge < -0.3 is 14.0 Å². The maximum absolute atomic E-state index is 13.2. The average Bonchev–Trinajstić information content (AvgIpc) is 2.94. The number of ether oxygens (including phenoxy) is 2. The van der Waals surface area contributed by atoms with Crippen molar-refractivity contribution in [3.63, 3.8) is 0 Å². The summed E-state index contributed by atoms with van der Waals surface area (Å²) >= 11 is 0. The fourth-order valence-electron chi connectivity index (χ4n) is 2.53. The molecule has 0 atom stereocenters. The lowest BCUT2D eigenvalue weighted by Gasteiger charge is -2.11. The van der Waals surface area contributed by atoms with E-state index >= 15 is 0 Å². The van der Waals surface area contributed by atoms with E-state index in [1.165, 1.54) is 12.1 Å². The van der Waals surface area contributed by atoms with Crippen molar-refractivity contribution in [3.8, 4) is 11.4 Å². The highest BCUT2D eigenvalue weighted by Gasteiger charge is 2.18. The van der Waals surface area contributed by atoms with Gasteiger partial charge in [-0.3, -0.25) is 0 Å². The average molecular weight is 313 g/mol. The number of carbonyl (C=O) groups is 1. The third kappa shape index (κ3) is 2.77. The van der Waals surface area contributed by atoms with Gasteiger partial charge in [0.1, 0.15) is 17.3 Å². The van der Waals surface area contributed by atoms with Gasteiger partial charge >= 0.3 is 5.97 Å². The van der Waals surface area contributed by atoms with Crippen molar-refractivity contribution in [2.24, 2.45) is 0 Å². The van der Waals surface area contributed by atoms with Crippen molar-refractivity contribution in [3.05, 3.63) is 60.0 Å². The number of esters is 1. The molecular weight excluding hydrogens is 297 g/mol. The molecule has 0 N–H and O–H groups in total. The van der Waals surface area contributed by atoms with E-state index in [2.05, 4.69) is 0 Å². The number of hydrogen-bond donors (Lipinski definition) is 0. The largest absolute Gasteiger partial charge is 0.497 e. The second-order valence-electron chi connectivity index (χ2n) is 4.99. The number of methoxy groups -OCH3 is 1. The van der Waals surface area contributed by atoms with E-state index < -0.39 is 5.97 Å². The summed E-state index contributed by atoms with van der Waals surface area (Å²) in [7, 11) is 1.58. The molecule has 0 fully saturated rings. The van der Waals surface area contributed by atoms with Crippen LogP contribution in [-0.4, -0.2) is 24.3 Å². The van der Waals surface area contributed by atoms with Gasteiger partial charge in [-0.05, 0) is 49.4 Å². The van der Waals surface area contributed by atoms with Crippen LogP contribution in [0.2, 0.25) is 0 Å². The fraction of sp³-hybridized carbons (Fsp3) is 0.167. The topological polar surface area (TPSA) is 40.5 Å². The summed E-state index contributed by atoms with van der Waals surface area (Å²) < 4.78 is 25.4. The zero-order chi connectivity index (χ0) is 16.4. The third-order valence-electron chi connectivity index (χ3n) is 3.58. The molecule has 118 valence electrons. The molecule has 0 spiro atoms. The minimum Gasteiger partial charge on any atom is -0.497 e. The molecule has 0 aliphatic heterocycles. The van der Waals surface area contributed by atoms with E-state index in [-0.39, 0.29) is 12.4 Å². The molecule has 0 unspecified atom stereocenters. The van der Waals surface area contributed by atoms with Crippen LogP contribution < -0.4 is 4.74 Å². The lowest BCUT2D eigenvalue weighted by atomic mass is 10.2. The van der Waals surface area contributed by atoms with Crippen LogP contribution in [0.25, 0.3) is 16.6 Å². The molecule has 0 bridgehead atoms. The molecule has 0 aliphatic carbocycles. The quantitative estimate of drug-likeness (QED) is 0.685. The minimum atomic E-state index is -0.424. The van der Waals surface area contributed by atoms with E-state index in [0.29, 0.717) is 17.1 Å². The van der Waals surface area contributed by atoms with Gasteiger partial charge in [-0.1, -0.05) is 0 Å². The number of fused-ring (bicyclic) bond motifs is 1. The van der Waals surface area contributed by atoms with Gasteiger partial charge in [0.15, 0.2) is 0 Å². The Hall–Kier alpha value is -2.82. The molecule has 0 aliphatic rings. The first-order valence-corrected chi connectivity index (χ1v) is 7.26. The zero-order valence-corrected chi connectivity index (χ0v) is 12.9. The molecular formula is C18H16FNO3. The molecule has 0 radical (unpaired) electrons. The van der Waals surface area contributed by atoms with Crippen LogP contribution >= 0.6 is 0 Å². The van der Waals surface area contributed by atoms with E-state index in [1.807, 2.05) is 18.2 Å². The van der Waals surface area contributed by atoms with Crippen molar-refractivity contribution in [1.82, 2.24) is 4.57 Å². The van der Waals surface area contributed by atoms with Gasteiger partial charge in [0, 0.05) is 17.1 Å². The Labute approximate surface area is 133 Å². The predicted octanol–water partition coefficient (Wildman–Crippen LogP) is 3.95. The van der Waals surface area contributed by atoms with Gasteiger partial charge in [-0.2, -0.15) is 0 Å². The highest BCUT2D eigenvalue weighted by Crippen LogP contribution is 2.28. The molecule has 1 aromatic heterocycles. The molecule has 2 aromatic carbocycles. The van der Waals surface area contributed by atoms with Crippen LogP contribution in [0.1, 0.15) is 17.4 Å². The molecule has 23 heavy (non-hydrogen) atoms. The Kier molecular flexibility index (Phi) is 4.02. The number of hydrogen-bond acceptors (Lipinski definition) is 3. The van der Waals surface area contributed by atoms with Gasteiger partial charge in [0.2, 0.25) is 0 Å². The first-order valence-electron chi connectivity index (χ1n) is 7.26. The maximum atomic E-state index is 13.2. The van der Waals surface area contributed by atoms with E-state index in [1.54, 1.807) is 36.8 Å². The fourth-order valence-corrected chi connectivity index (χ4v) is 2.53. The van der Waals surface area contributed by atoms with Gasteiger partial charge in [0.25, 0.3) is 0 Å². The zero-order valence-electron chi connectivity index (χ0n) is 12.9. The summed E-state index contributed by atoms with van der Waals surface area (Å²) in [4.78, 5) is 12.3.